The molecule has 1 heterocycles. The van der Waals surface area contributed by atoms with Crippen molar-refractivity contribution < 1.29 is 9.59 Å². The van der Waals surface area contributed by atoms with Gasteiger partial charge in [0.2, 0.25) is 11.8 Å². The maximum Gasteiger partial charge on any atom is 0.246 e. The molecule has 1 fully saturated rings. The number of nitrogens with two attached hydrogens (primary N) is 1. The fourth-order valence-corrected chi connectivity index (χ4v) is 2.74. The first-order valence-electron chi connectivity index (χ1n) is 8.66. The first kappa shape index (κ1) is 24.5. The SMILES string of the molecule is CC(N)CCC(=O)NC(C)C(=O)Nc1cccc(N2CCCC2)c1.Cl.Cl. The first-order valence-corrected chi connectivity index (χ1v) is 8.66. The monoisotopic (exact) mass is 404 g/mol. The molecule has 0 radical (unpaired) electrons. The standard InChI is InChI=1S/C18H28N4O2.2ClH/c1-13(19)8-9-17(23)20-14(2)18(24)21-15-6-5-7-16(12-15)22-10-3-4-11-22;;/h5-7,12-14H,3-4,8-11,19H2,1-2H3,(H,20,23)(H,21,24);2*1H. The average molecular weight is 405 g/mol. The van der Waals surface area contributed by atoms with Crippen molar-refractivity contribution in [2.75, 3.05) is 23.3 Å². The Morgan fingerprint density at radius 1 is 1.19 bits per heavy atom. The molecule has 0 spiro atoms. The number of benzene rings is 1. The number of amides is 2. The molecule has 1 aliphatic heterocycles. The van der Waals surface area contributed by atoms with Crippen molar-refractivity contribution in [2.24, 2.45) is 5.73 Å². The van der Waals surface area contributed by atoms with Crippen LogP contribution in [0.1, 0.15) is 39.5 Å². The second-order valence-electron chi connectivity index (χ2n) is 6.54. The fraction of sp³-hybridized carbons (Fsp3) is 0.556. The molecule has 0 aromatic heterocycles. The molecule has 2 amide bonds. The molecular formula is C18H30Cl2N4O2. The van der Waals surface area contributed by atoms with Crippen LogP contribution >= 0.6 is 24.8 Å². The van der Waals surface area contributed by atoms with Crippen LogP contribution in [0.3, 0.4) is 0 Å². The zero-order valence-electron chi connectivity index (χ0n) is 15.4. The molecule has 6 nitrogen and oxygen atoms in total. The van der Waals surface area contributed by atoms with Gasteiger partial charge in [0.1, 0.15) is 6.04 Å². The van der Waals surface area contributed by atoms with Crippen molar-refractivity contribution in [3.05, 3.63) is 24.3 Å². The molecule has 0 bridgehead atoms. The van der Waals surface area contributed by atoms with E-state index in [1.54, 1.807) is 6.92 Å². The smallest absolute Gasteiger partial charge is 0.246 e. The summed E-state index contributed by atoms with van der Waals surface area (Å²) in [6.45, 7) is 5.66. The minimum atomic E-state index is -0.582. The van der Waals surface area contributed by atoms with Crippen molar-refractivity contribution in [3.63, 3.8) is 0 Å². The first-order chi connectivity index (χ1) is 11.5. The number of hydrogen-bond acceptors (Lipinski definition) is 4. The molecule has 2 unspecified atom stereocenters. The van der Waals surface area contributed by atoms with E-state index in [9.17, 15) is 9.59 Å². The van der Waals surface area contributed by atoms with Crippen molar-refractivity contribution in [1.82, 2.24) is 5.32 Å². The molecule has 1 saturated heterocycles. The minimum Gasteiger partial charge on any atom is -0.371 e. The molecule has 2 atom stereocenters. The van der Waals surface area contributed by atoms with Gasteiger partial charge in [-0.25, -0.2) is 0 Å². The summed E-state index contributed by atoms with van der Waals surface area (Å²) in [6.07, 6.45) is 3.36. The number of carbonyl (C=O) groups is 2. The van der Waals surface area contributed by atoms with E-state index in [0.717, 1.165) is 24.5 Å². The Kier molecular flexibility index (Phi) is 11.3. The number of nitrogens with one attached hydrogen (secondary N) is 2. The largest absolute Gasteiger partial charge is 0.371 e. The van der Waals surface area contributed by atoms with Crippen LogP contribution in [0.25, 0.3) is 0 Å². The predicted octanol–water partition coefficient (Wildman–Crippen LogP) is 2.70. The molecule has 1 aromatic carbocycles. The van der Waals surface area contributed by atoms with Gasteiger partial charge in [0, 0.05) is 36.9 Å². The average Bonchev–Trinajstić information content (AvgIpc) is 3.07. The lowest BCUT2D eigenvalue weighted by atomic mass is 10.2. The van der Waals surface area contributed by atoms with Gasteiger partial charge < -0.3 is 21.3 Å². The zero-order valence-corrected chi connectivity index (χ0v) is 17.0. The Morgan fingerprint density at radius 2 is 1.85 bits per heavy atom. The highest BCUT2D eigenvalue weighted by atomic mass is 35.5. The summed E-state index contributed by atoms with van der Waals surface area (Å²) >= 11 is 0. The van der Waals surface area contributed by atoms with Crippen LogP contribution in [0.5, 0.6) is 0 Å². The summed E-state index contributed by atoms with van der Waals surface area (Å²) in [4.78, 5) is 26.4. The molecular weight excluding hydrogens is 375 g/mol. The second-order valence-corrected chi connectivity index (χ2v) is 6.54. The van der Waals surface area contributed by atoms with Gasteiger partial charge in [0.15, 0.2) is 0 Å². The van der Waals surface area contributed by atoms with E-state index in [-0.39, 0.29) is 42.7 Å². The molecule has 8 heteroatoms. The van der Waals surface area contributed by atoms with E-state index < -0.39 is 6.04 Å². The third-order valence-corrected chi connectivity index (χ3v) is 4.18. The van der Waals surface area contributed by atoms with Gasteiger partial charge in [-0.2, -0.15) is 0 Å². The number of nitrogens with zero attached hydrogens (tertiary/aromatic N) is 1. The summed E-state index contributed by atoms with van der Waals surface area (Å²) in [5.41, 5.74) is 7.51. The van der Waals surface area contributed by atoms with Gasteiger partial charge in [-0.3, -0.25) is 9.59 Å². The Hall–Kier alpha value is -1.50. The van der Waals surface area contributed by atoms with Crippen LogP contribution in [-0.4, -0.2) is 37.0 Å². The molecule has 26 heavy (non-hydrogen) atoms. The maximum absolute atomic E-state index is 12.3. The summed E-state index contributed by atoms with van der Waals surface area (Å²) in [7, 11) is 0. The highest BCUT2D eigenvalue weighted by molar-refractivity contribution is 5.97. The van der Waals surface area contributed by atoms with Crippen LogP contribution in [0.4, 0.5) is 11.4 Å². The molecule has 1 aliphatic rings. The quantitative estimate of drug-likeness (QED) is 0.651. The number of rotatable bonds is 7. The summed E-state index contributed by atoms with van der Waals surface area (Å²) in [6, 6.07) is 7.24. The van der Waals surface area contributed by atoms with Crippen LogP contribution in [0.15, 0.2) is 24.3 Å². The van der Waals surface area contributed by atoms with Gasteiger partial charge in [-0.15, -0.1) is 24.8 Å². The summed E-state index contributed by atoms with van der Waals surface area (Å²) < 4.78 is 0. The lowest BCUT2D eigenvalue weighted by Crippen LogP contribution is -2.41. The van der Waals surface area contributed by atoms with Crippen molar-refractivity contribution in [3.8, 4) is 0 Å². The number of carbonyl (C=O) groups excluding carboxylic acids is 2. The van der Waals surface area contributed by atoms with Crippen molar-refractivity contribution in [1.29, 1.82) is 0 Å². The lowest BCUT2D eigenvalue weighted by molar-refractivity contribution is -0.126. The van der Waals surface area contributed by atoms with Crippen molar-refractivity contribution >= 4 is 48.0 Å². The van der Waals surface area contributed by atoms with Crippen LogP contribution < -0.4 is 21.3 Å². The zero-order chi connectivity index (χ0) is 17.5. The summed E-state index contributed by atoms with van der Waals surface area (Å²) in [5, 5.41) is 5.58. The highest BCUT2D eigenvalue weighted by Crippen LogP contribution is 2.23. The Bertz CT molecular complexity index is 578. The van der Waals surface area contributed by atoms with Gasteiger partial charge >= 0.3 is 0 Å². The third kappa shape index (κ3) is 7.81. The highest BCUT2D eigenvalue weighted by Gasteiger charge is 2.17. The van der Waals surface area contributed by atoms with E-state index >= 15 is 0 Å². The Morgan fingerprint density at radius 3 is 2.46 bits per heavy atom. The van der Waals surface area contributed by atoms with E-state index in [4.69, 9.17) is 5.73 Å². The van der Waals surface area contributed by atoms with Gasteiger partial charge in [-0.1, -0.05) is 6.07 Å². The van der Waals surface area contributed by atoms with Gasteiger partial charge in [0.05, 0.1) is 0 Å². The van der Waals surface area contributed by atoms with Crippen molar-refractivity contribution in [2.45, 2.75) is 51.6 Å². The predicted molar refractivity (Wildman–Crippen MR) is 112 cm³/mol. The molecule has 1 aromatic rings. The topological polar surface area (TPSA) is 87.5 Å². The summed E-state index contributed by atoms with van der Waals surface area (Å²) in [5.74, 6) is -0.372. The van der Waals surface area contributed by atoms with Gasteiger partial charge in [0.25, 0.3) is 0 Å². The van der Waals surface area contributed by atoms with E-state index in [0.29, 0.717) is 12.8 Å². The number of anilines is 2. The molecule has 0 aliphatic carbocycles. The number of hydrogen-bond donors (Lipinski definition) is 3. The third-order valence-electron chi connectivity index (χ3n) is 4.18. The normalized spacial score (nSPS) is 15.3. The Balaban J connectivity index is 0.00000312. The maximum atomic E-state index is 12.3. The molecule has 2 rings (SSSR count). The van der Waals surface area contributed by atoms with Crippen LogP contribution in [0, 0.1) is 0 Å². The van der Waals surface area contributed by atoms with E-state index in [1.807, 2.05) is 25.1 Å². The molecule has 148 valence electrons. The van der Waals surface area contributed by atoms with Gasteiger partial charge in [-0.05, 0) is 51.3 Å². The lowest BCUT2D eigenvalue weighted by Gasteiger charge is -2.19. The fourth-order valence-electron chi connectivity index (χ4n) is 2.74. The molecule has 0 saturated carbocycles. The second kappa shape index (κ2) is 12.0. The molecule has 4 N–H and O–H groups in total. The van der Waals surface area contributed by atoms with Crippen LogP contribution in [-0.2, 0) is 9.59 Å². The number of halogens is 2. The van der Waals surface area contributed by atoms with Crippen LogP contribution in [0.2, 0.25) is 0 Å². The van der Waals surface area contributed by atoms with E-state index in [1.165, 1.54) is 12.8 Å². The minimum absolute atomic E-state index is 0. The Labute approximate surface area is 168 Å². The van der Waals surface area contributed by atoms with E-state index in [2.05, 4.69) is 21.6 Å².